The molecule has 0 bridgehead atoms. The lowest BCUT2D eigenvalue weighted by Gasteiger charge is -2.15. The molecule has 0 radical (unpaired) electrons. The van der Waals surface area contributed by atoms with E-state index in [0.29, 0.717) is 0 Å². The Labute approximate surface area is 96.1 Å². The molecular weight excluding hydrogens is 196 g/mol. The quantitative estimate of drug-likeness (QED) is 0.831. The summed E-state index contributed by atoms with van der Waals surface area (Å²) in [4.78, 5) is 4.30. The van der Waals surface area contributed by atoms with Crippen LogP contribution in [0.25, 0.3) is 0 Å². The molecule has 0 amide bonds. The Kier molecular flexibility index (Phi) is 3.02. The van der Waals surface area contributed by atoms with Crippen LogP contribution in [-0.4, -0.2) is 4.98 Å². The first-order valence-corrected chi connectivity index (χ1v) is 5.43. The van der Waals surface area contributed by atoms with E-state index in [1.807, 2.05) is 24.3 Å². The molecule has 0 aliphatic heterocycles. The van der Waals surface area contributed by atoms with Crippen LogP contribution in [0.5, 0.6) is 0 Å². The van der Waals surface area contributed by atoms with Crippen LogP contribution in [0.3, 0.4) is 0 Å². The second kappa shape index (κ2) is 4.45. The van der Waals surface area contributed by atoms with E-state index in [2.05, 4.69) is 31.0 Å². The molecule has 2 aromatic rings. The van der Waals surface area contributed by atoms with Crippen LogP contribution in [0, 0.1) is 13.8 Å². The summed E-state index contributed by atoms with van der Waals surface area (Å²) in [5.74, 6) is 0. The van der Waals surface area contributed by atoms with Crippen LogP contribution < -0.4 is 5.73 Å². The van der Waals surface area contributed by atoms with Crippen molar-refractivity contribution < 1.29 is 0 Å². The zero-order valence-electron chi connectivity index (χ0n) is 9.64. The smallest absolute Gasteiger partial charge is 0.0729 e. The van der Waals surface area contributed by atoms with Gasteiger partial charge in [-0.15, -0.1) is 0 Å². The predicted molar refractivity (Wildman–Crippen MR) is 66.2 cm³/mol. The van der Waals surface area contributed by atoms with Gasteiger partial charge in [0.2, 0.25) is 0 Å². The van der Waals surface area contributed by atoms with Crippen LogP contribution in [0.15, 0.2) is 42.6 Å². The number of hydrogen-bond donors (Lipinski definition) is 1. The van der Waals surface area contributed by atoms with Gasteiger partial charge in [-0.25, -0.2) is 0 Å². The molecule has 1 aromatic carbocycles. The monoisotopic (exact) mass is 212 g/mol. The summed E-state index contributed by atoms with van der Waals surface area (Å²) in [5, 5.41) is 0. The Morgan fingerprint density at radius 3 is 2.56 bits per heavy atom. The lowest BCUT2D eigenvalue weighted by Crippen LogP contribution is -2.15. The second-order valence-electron chi connectivity index (χ2n) is 4.02. The minimum absolute atomic E-state index is 0.138. The molecule has 2 heteroatoms. The summed E-state index contributed by atoms with van der Waals surface area (Å²) >= 11 is 0. The number of aryl methyl sites for hydroxylation is 1. The van der Waals surface area contributed by atoms with Crippen LogP contribution in [0.2, 0.25) is 0 Å². The largest absolute Gasteiger partial charge is 0.319 e. The summed E-state index contributed by atoms with van der Waals surface area (Å²) in [7, 11) is 0. The molecular formula is C14H16N2. The van der Waals surface area contributed by atoms with E-state index >= 15 is 0 Å². The predicted octanol–water partition coefficient (Wildman–Crippen LogP) is 2.75. The van der Waals surface area contributed by atoms with Gasteiger partial charge in [0.05, 0.1) is 11.7 Å². The van der Waals surface area contributed by atoms with Crippen LogP contribution in [0.1, 0.15) is 28.4 Å². The molecule has 2 rings (SSSR count). The number of nitrogens with zero attached hydrogens (tertiary/aromatic N) is 1. The molecule has 1 unspecified atom stereocenters. The van der Waals surface area contributed by atoms with E-state index in [-0.39, 0.29) is 6.04 Å². The fourth-order valence-corrected chi connectivity index (χ4v) is 1.83. The van der Waals surface area contributed by atoms with E-state index in [4.69, 9.17) is 5.73 Å². The zero-order chi connectivity index (χ0) is 11.5. The molecule has 16 heavy (non-hydrogen) atoms. The number of nitrogens with two attached hydrogens (primary N) is 1. The van der Waals surface area contributed by atoms with Crippen molar-refractivity contribution in [2.75, 3.05) is 0 Å². The molecule has 0 aliphatic carbocycles. The third-order valence-electron chi connectivity index (χ3n) is 2.99. The van der Waals surface area contributed by atoms with Gasteiger partial charge in [0.25, 0.3) is 0 Å². The summed E-state index contributed by atoms with van der Waals surface area (Å²) in [5.41, 5.74) is 10.8. The highest BCUT2D eigenvalue weighted by molar-refractivity contribution is 5.38. The maximum Gasteiger partial charge on any atom is 0.0729 e. The normalized spacial score (nSPS) is 12.4. The van der Waals surface area contributed by atoms with Crippen molar-refractivity contribution >= 4 is 0 Å². The van der Waals surface area contributed by atoms with E-state index in [9.17, 15) is 0 Å². The van der Waals surface area contributed by atoms with Gasteiger partial charge in [0.1, 0.15) is 0 Å². The second-order valence-corrected chi connectivity index (χ2v) is 4.02. The van der Waals surface area contributed by atoms with Crippen molar-refractivity contribution in [1.29, 1.82) is 0 Å². The van der Waals surface area contributed by atoms with Gasteiger partial charge in [0, 0.05) is 6.20 Å². The van der Waals surface area contributed by atoms with Crippen molar-refractivity contribution in [3.05, 3.63) is 65.0 Å². The molecule has 1 aromatic heterocycles. The maximum atomic E-state index is 6.22. The molecule has 2 N–H and O–H groups in total. The lowest BCUT2D eigenvalue weighted by atomic mass is 9.96. The number of benzene rings is 1. The summed E-state index contributed by atoms with van der Waals surface area (Å²) in [6, 6.07) is 11.9. The first kappa shape index (κ1) is 10.8. The standard InChI is InChI=1S/C14H16N2/c1-10-6-5-7-12(11(10)2)14(15)13-8-3-4-9-16-13/h3-9,14H,15H2,1-2H3. The van der Waals surface area contributed by atoms with Gasteiger partial charge in [-0.1, -0.05) is 24.3 Å². The van der Waals surface area contributed by atoms with Crippen molar-refractivity contribution in [3.8, 4) is 0 Å². The Morgan fingerprint density at radius 1 is 1.06 bits per heavy atom. The average Bonchev–Trinajstić information content (AvgIpc) is 2.33. The third kappa shape index (κ3) is 1.97. The minimum atomic E-state index is -0.138. The van der Waals surface area contributed by atoms with Gasteiger partial charge in [-0.3, -0.25) is 4.98 Å². The topological polar surface area (TPSA) is 38.9 Å². The summed E-state index contributed by atoms with van der Waals surface area (Å²) in [6.07, 6.45) is 1.78. The van der Waals surface area contributed by atoms with E-state index in [1.165, 1.54) is 11.1 Å². The van der Waals surface area contributed by atoms with Crippen LogP contribution in [-0.2, 0) is 0 Å². The molecule has 0 fully saturated rings. The van der Waals surface area contributed by atoms with Gasteiger partial charge in [-0.2, -0.15) is 0 Å². The Morgan fingerprint density at radius 2 is 1.88 bits per heavy atom. The van der Waals surface area contributed by atoms with Gasteiger partial charge in [0.15, 0.2) is 0 Å². The number of rotatable bonds is 2. The summed E-state index contributed by atoms with van der Waals surface area (Å²) in [6.45, 7) is 4.21. The van der Waals surface area contributed by atoms with Gasteiger partial charge >= 0.3 is 0 Å². The molecule has 0 saturated heterocycles. The minimum Gasteiger partial charge on any atom is -0.319 e. The molecule has 2 nitrogen and oxygen atoms in total. The Hall–Kier alpha value is -1.67. The van der Waals surface area contributed by atoms with Crippen LogP contribution >= 0.6 is 0 Å². The number of pyridine rings is 1. The molecule has 0 saturated carbocycles. The van der Waals surface area contributed by atoms with Gasteiger partial charge < -0.3 is 5.73 Å². The first-order chi connectivity index (χ1) is 7.70. The van der Waals surface area contributed by atoms with Crippen molar-refractivity contribution in [2.24, 2.45) is 5.73 Å². The van der Waals surface area contributed by atoms with Crippen LogP contribution in [0.4, 0.5) is 0 Å². The van der Waals surface area contributed by atoms with Gasteiger partial charge in [-0.05, 0) is 42.7 Å². The zero-order valence-corrected chi connectivity index (χ0v) is 9.64. The molecule has 82 valence electrons. The fourth-order valence-electron chi connectivity index (χ4n) is 1.83. The summed E-state index contributed by atoms with van der Waals surface area (Å²) < 4.78 is 0. The highest BCUT2D eigenvalue weighted by atomic mass is 14.8. The highest BCUT2D eigenvalue weighted by Gasteiger charge is 2.12. The van der Waals surface area contributed by atoms with Crippen molar-refractivity contribution in [1.82, 2.24) is 4.98 Å². The fraction of sp³-hybridized carbons (Fsp3) is 0.214. The number of hydrogen-bond acceptors (Lipinski definition) is 2. The SMILES string of the molecule is Cc1cccc(C(N)c2ccccn2)c1C. The Balaban J connectivity index is 2.42. The molecule has 1 heterocycles. The maximum absolute atomic E-state index is 6.22. The Bertz CT molecular complexity index is 477. The van der Waals surface area contributed by atoms with Crippen molar-refractivity contribution in [2.45, 2.75) is 19.9 Å². The molecule has 1 atom stereocenters. The van der Waals surface area contributed by atoms with E-state index in [1.54, 1.807) is 6.20 Å². The molecule has 0 aliphatic rings. The molecule has 0 spiro atoms. The van der Waals surface area contributed by atoms with E-state index in [0.717, 1.165) is 11.3 Å². The first-order valence-electron chi connectivity index (χ1n) is 5.43. The highest BCUT2D eigenvalue weighted by Crippen LogP contribution is 2.22. The van der Waals surface area contributed by atoms with E-state index < -0.39 is 0 Å². The number of aromatic nitrogens is 1. The third-order valence-corrected chi connectivity index (χ3v) is 2.99. The van der Waals surface area contributed by atoms with Crippen molar-refractivity contribution in [3.63, 3.8) is 0 Å². The lowest BCUT2D eigenvalue weighted by molar-refractivity contribution is 0.819. The average molecular weight is 212 g/mol.